The second-order valence-corrected chi connectivity index (χ2v) is 5.32. The van der Waals surface area contributed by atoms with Crippen molar-refractivity contribution in [1.29, 1.82) is 0 Å². The van der Waals surface area contributed by atoms with Crippen LogP contribution in [0.15, 0.2) is 24.3 Å². The molecule has 114 valence electrons. The van der Waals surface area contributed by atoms with Gasteiger partial charge in [-0.25, -0.2) is 4.79 Å². The number of hydrogen-bond donors (Lipinski definition) is 2. The molecule has 1 aliphatic heterocycles. The fourth-order valence-electron chi connectivity index (χ4n) is 2.64. The molecule has 21 heavy (non-hydrogen) atoms. The van der Waals surface area contributed by atoms with Crippen molar-refractivity contribution in [2.45, 2.75) is 13.0 Å². The Bertz CT molecular complexity index is 527. The molecule has 0 bridgehead atoms. The average Bonchev–Trinajstić information content (AvgIpc) is 2.93. The van der Waals surface area contributed by atoms with E-state index in [-0.39, 0.29) is 6.61 Å². The van der Waals surface area contributed by atoms with Crippen molar-refractivity contribution in [2.75, 3.05) is 26.8 Å². The molecule has 5 nitrogen and oxygen atoms in total. The fourth-order valence-corrected chi connectivity index (χ4v) is 2.64. The van der Waals surface area contributed by atoms with Crippen molar-refractivity contribution in [2.24, 2.45) is 5.92 Å². The maximum atomic E-state index is 10.6. The molecule has 1 heterocycles. The van der Waals surface area contributed by atoms with Crippen LogP contribution in [0.2, 0.25) is 0 Å². The summed E-state index contributed by atoms with van der Waals surface area (Å²) in [6, 6.07) is 5.80. The lowest BCUT2D eigenvalue weighted by Gasteiger charge is -2.16. The van der Waals surface area contributed by atoms with Gasteiger partial charge < -0.3 is 14.9 Å². The number of rotatable bonds is 6. The molecule has 0 amide bonds. The molecule has 1 saturated heterocycles. The number of nitrogens with zero attached hydrogens (tertiary/aromatic N) is 1. The van der Waals surface area contributed by atoms with E-state index in [4.69, 9.17) is 9.84 Å². The summed E-state index contributed by atoms with van der Waals surface area (Å²) in [6.07, 6.45) is 3.68. The van der Waals surface area contributed by atoms with Crippen LogP contribution < -0.4 is 4.74 Å². The lowest BCUT2D eigenvalue weighted by Crippen LogP contribution is -2.21. The summed E-state index contributed by atoms with van der Waals surface area (Å²) < 4.78 is 5.25. The van der Waals surface area contributed by atoms with Gasteiger partial charge in [0.05, 0.1) is 7.11 Å². The quantitative estimate of drug-likeness (QED) is 0.779. The Hall–Kier alpha value is -1.85. The standard InChI is InChI=1S/C16H21NO4/c1-21-15-4-2-12(8-14(15)3-5-16(19)20)9-17-7-6-13(10-17)11-18/h2-5,8,13,18H,6-7,9-11H2,1H3,(H,19,20)/b5-3+. The second kappa shape index (κ2) is 7.24. The van der Waals surface area contributed by atoms with E-state index >= 15 is 0 Å². The van der Waals surface area contributed by atoms with Crippen LogP contribution in [0.3, 0.4) is 0 Å². The van der Waals surface area contributed by atoms with Crippen LogP contribution in [-0.4, -0.2) is 47.9 Å². The maximum Gasteiger partial charge on any atom is 0.328 e. The zero-order valence-electron chi connectivity index (χ0n) is 12.2. The van der Waals surface area contributed by atoms with Gasteiger partial charge in [0.15, 0.2) is 0 Å². The normalized spacial score (nSPS) is 19.2. The molecule has 0 aromatic heterocycles. The molecule has 1 aromatic carbocycles. The number of ether oxygens (including phenoxy) is 1. The molecule has 1 aliphatic rings. The van der Waals surface area contributed by atoms with Gasteiger partial charge in [-0.2, -0.15) is 0 Å². The highest BCUT2D eigenvalue weighted by molar-refractivity contribution is 5.85. The van der Waals surface area contributed by atoms with Crippen LogP contribution in [0.5, 0.6) is 5.75 Å². The first-order valence-electron chi connectivity index (χ1n) is 7.03. The van der Waals surface area contributed by atoms with Gasteiger partial charge in [-0.1, -0.05) is 6.07 Å². The number of methoxy groups -OCH3 is 1. The minimum absolute atomic E-state index is 0.242. The molecule has 2 N–H and O–H groups in total. The van der Waals surface area contributed by atoms with Crippen LogP contribution >= 0.6 is 0 Å². The van der Waals surface area contributed by atoms with Crippen LogP contribution in [0.25, 0.3) is 6.08 Å². The van der Waals surface area contributed by atoms with E-state index < -0.39 is 5.97 Å². The minimum Gasteiger partial charge on any atom is -0.496 e. The number of carbonyl (C=O) groups is 1. The largest absolute Gasteiger partial charge is 0.496 e. The van der Waals surface area contributed by atoms with E-state index in [0.717, 1.165) is 43.3 Å². The second-order valence-electron chi connectivity index (χ2n) is 5.32. The predicted octanol–water partition coefficient (Wildman–Crippen LogP) is 1.61. The number of benzene rings is 1. The highest BCUT2D eigenvalue weighted by Gasteiger charge is 2.21. The smallest absolute Gasteiger partial charge is 0.328 e. The number of carboxylic acids is 1. The van der Waals surface area contributed by atoms with Gasteiger partial charge in [0, 0.05) is 31.3 Å². The van der Waals surface area contributed by atoms with Crippen molar-refractivity contribution in [3.05, 3.63) is 35.4 Å². The highest BCUT2D eigenvalue weighted by Crippen LogP contribution is 2.24. The highest BCUT2D eigenvalue weighted by atomic mass is 16.5. The lowest BCUT2D eigenvalue weighted by atomic mass is 10.1. The summed E-state index contributed by atoms with van der Waals surface area (Å²) in [6.45, 7) is 2.93. The van der Waals surface area contributed by atoms with Crippen molar-refractivity contribution >= 4 is 12.0 Å². The Morgan fingerprint density at radius 3 is 2.95 bits per heavy atom. The van der Waals surface area contributed by atoms with Gasteiger partial charge in [0.1, 0.15) is 5.75 Å². The molecular weight excluding hydrogens is 270 g/mol. The molecule has 1 aromatic rings. The molecule has 2 rings (SSSR count). The third-order valence-electron chi connectivity index (χ3n) is 3.73. The van der Waals surface area contributed by atoms with Crippen molar-refractivity contribution in [3.63, 3.8) is 0 Å². The third-order valence-corrected chi connectivity index (χ3v) is 3.73. The Morgan fingerprint density at radius 2 is 2.33 bits per heavy atom. The van der Waals surface area contributed by atoms with Crippen molar-refractivity contribution in [1.82, 2.24) is 4.90 Å². The summed E-state index contributed by atoms with van der Waals surface area (Å²) in [5.74, 6) is 0.0494. The van der Waals surface area contributed by atoms with Gasteiger partial charge in [0.2, 0.25) is 0 Å². The minimum atomic E-state index is -0.979. The number of hydrogen-bond acceptors (Lipinski definition) is 4. The molecule has 1 fully saturated rings. The summed E-state index contributed by atoms with van der Waals surface area (Å²) in [7, 11) is 1.57. The van der Waals surface area contributed by atoms with Crippen LogP contribution in [0.1, 0.15) is 17.5 Å². The van der Waals surface area contributed by atoms with E-state index in [0.29, 0.717) is 11.7 Å². The molecule has 1 unspecified atom stereocenters. The summed E-state index contributed by atoms with van der Waals surface area (Å²) in [5, 5.41) is 17.9. The molecule has 0 saturated carbocycles. The number of likely N-dealkylation sites (tertiary alicyclic amines) is 1. The topological polar surface area (TPSA) is 70.0 Å². The first-order chi connectivity index (χ1) is 10.1. The zero-order valence-corrected chi connectivity index (χ0v) is 12.2. The number of aliphatic hydroxyl groups is 1. The van der Waals surface area contributed by atoms with Crippen molar-refractivity contribution in [3.8, 4) is 5.75 Å². The van der Waals surface area contributed by atoms with E-state index in [2.05, 4.69) is 4.90 Å². The number of aliphatic carboxylic acids is 1. The SMILES string of the molecule is COc1ccc(CN2CCC(CO)C2)cc1/C=C/C(=O)O. The monoisotopic (exact) mass is 291 g/mol. The van der Waals surface area contributed by atoms with Crippen molar-refractivity contribution < 1.29 is 19.7 Å². The Labute approximate surface area is 124 Å². The fraction of sp³-hybridized carbons (Fsp3) is 0.438. The van der Waals surface area contributed by atoms with E-state index in [1.165, 1.54) is 0 Å². The zero-order chi connectivity index (χ0) is 15.2. The van der Waals surface area contributed by atoms with Gasteiger partial charge in [0.25, 0.3) is 0 Å². The molecule has 1 atom stereocenters. The Morgan fingerprint density at radius 1 is 1.52 bits per heavy atom. The van der Waals surface area contributed by atoms with Crippen LogP contribution in [0, 0.1) is 5.92 Å². The molecule has 0 radical (unpaired) electrons. The Balaban J connectivity index is 2.10. The summed E-state index contributed by atoms with van der Waals surface area (Å²) in [5.41, 5.74) is 1.87. The Kier molecular flexibility index (Phi) is 5.36. The maximum absolute atomic E-state index is 10.6. The first kappa shape index (κ1) is 15.5. The lowest BCUT2D eigenvalue weighted by molar-refractivity contribution is -0.131. The van der Waals surface area contributed by atoms with Gasteiger partial charge in [-0.3, -0.25) is 4.90 Å². The molecule has 0 spiro atoms. The van der Waals surface area contributed by atoms with E-state index in [9.17, 15) is 9.90 Å². The first-order valence-corrected chi connectivity index (χ1v) is 7.03. The summed E-state index contributed by atoms with van der Waals surface area (Å²) >= 11 is 0. The molecule has 5 heteroatoms. The number of aliphatic hydroxyl groups excluding tert-OH is 1. The van der Waals surface area contributed by atoms with Gasteiger partial charge in [-0.15, -0.1) is 0 Å². The van der Waals surface area contributed by atoms with Gasteiger partial charge >= 0.3 is 5.97 Å². The molecule has 0 aliphatic carbocycles. The summed E-state index contributed by atoms with van der Waals surface area (Å²) in [4.78, 5) is 12.9. The van der Waals surface area contributed by atoms with Crippen LogP contribution in [-0.2, 0) is 11.3 Å². The molecular formula is C16H21NO4. The average molecular weight is 291 g/mol. The van der Waals surface area contributed by atoms with E-state index in [1.54, 1.807) is 13.2 Å². The number of carboxylic acid groups (broad SMARTS) is 1. The third kappa shape index (κ3) is 4.31. The predicted molar refractivity (Wildman–Crippen MR) is 80.1 cm³/mol. The van der Waals surface area contributed by atoms with Gasteiger partial charge in [-0.05, 0) is 42.7 Å². The van der Waals surface area contributed by atoms with Crippen LogP contribution in [0.4, 0.5) is 0 Å². The van der Waals surface area contributed by atoms with E-state index in [1.807, 2.05) is 18.2 Å².